The first-order valence-corrected chi connectivity index (χ1v) is 12.8. The van der Waals surface area contributed by atoms with Crippen LogP contribution in [0.3, 0.4) is 0 Å². The van der Waals surface area contributed by atoms with Gasteiger partial charge in [-0.2, -0.15) is 0 Å². The van der Waals surface area contributed by atoms with Crippen molar-refractivity contribution >= 4 is 33.4 Å². The Hall–Kier alpha value is -2.72. The van der Waals surface area contributed by atoms with Crippen molar-refractivity contribution in [3.63, 3.8) is 0 Å². The first-order chi connectivity index (χ1) is 15.8. The van der Waals surface area contributed by atoms with E-state index in [9.17, 15) is 12.8 Å². The summed E-state index contributed by atoms with van der Waals surface area (Å²) < 4.78 is 43.0. The number of aromatic nitrogens is 3. The molecule has 0 aliphatic carbocycles. The number of aryl methyl sites for hydroxylation is 1. The van der Waals surface area contributed by atoms with Gasteiger partial charge in [0.15, 0.2) is 11.0 Å². The van der Waals surface area contributed by atoms with Crippen LogP contribution in [0, 0.1) is 12.7 Å². The highest BCUT2D eigenvalue weighted by Crippen LogP contribution is 2.26. The SMILES string of the molecule is Cc1ccc(-n2c(CNS(=O)(=O)c3ccc(Cl)cc3)nnc2SCc2ccc(F)cc2)cc1. The molecule has 0 aliphatic rings. The fraction of sp³-hybridized carbons (Fsp3) is 0.130. The molecular formula is C23H20ClFN4O2S2. The Morgan fingerprint density at radius 2 is 1.64 bits per heavy atom. The molecule has 0 radical (unpaired) electrons. The van der Waals surface area contributed by atoms with Crippen molar-refractivity contribution in [1.29, 1.82) is 0 Å². The van der Waals surface area contributed by atoms with Gasteiger partial charge in [0.25, 0.3) is 0 Å². The van der Waals surface area contributed by atoms with Crippen LogP contribution in [-0.4, -0.2) is 23.2 Å². The monoisotopic (exact) mass is 502 g/mol. The zero-order valence-electron chi connectivity index (χ0n) is 17.6. The van der Waals surface area contributed by atoms with Gasteiger partial charge in [-0.25, -0.2) is 17.5 Å². The molecule has 0 aliphatic heterocycles. The van der Waals surface area contributed by atoms with Crippen molar-refractivity contribution in [3.8, 4) is 5.69 Å². The molecule has 0 bridgehead atoms. The molecule has 0 saturated heterocycles. The number of nitrogens with zero attached hydrogens (tertiary/aromatic N) is 3. The van der Waals surface area contributed by atoms with Crippen molar-refractivity contribution in [2.24, 2.45) is 0 Å². The second-order valence-electron chi connectivity index (χ2n) is 7.26. The van der Waals surface area contributed by atoms with E-state index in [0.29, 0.717) is 21.8 Å². The third kappa shape index (κ3) is 5.80. The van der Waals surface area contributed by atoms with Crippen LogP contribution in [-0.2, 0) is 22.3 Å². The molecule has 1 heterocycles. The number of thioether (sulfide) groups is 1. The molecule has 1 aromatic heterocycles. The van der Waals surface area contributed by atoms with E-state index in [2.05, 4.69) is 14.9 Å². The van der Waals surface area contributed by atoms with Gasteiger partial charge in [-0.3, -0.25) is 4.57 Å². The summed E-state index contributed by atoms with van der Waals surface area (Å²) in [6.45, 7) is 1.93. The second-order valence-corrected chi connectivity index (χ2v) is 10.4. The molecule has 4 rings (SSSR count). The van der Waals surface area contributed by atoms with E-state index in [1.165, 1.54) is 48.2 Å². The van der Waals surface area contributed by atoms with Gasteiger partial charge in [-0.15, -0.1) is 10.2 Å². The Morgan fingerprint density at radius 3 is 2.30 bits per heavy atom. The van der Waals surface area contributed by atoms with Gasteiger partial charge >= 0.3 is 0 Å². The van der Waals surface area contributed by atoms with Gasteiger partial charge in [0.2, 0.25) is 10.0 Å². The molecule has 0 unspecified atom stereocenters. The van der Waals surface area contributed by atoms with Crippen molar-refractivity contribution in [2.45, 2.75) is 29.3 Å². The lowest BCUT2D eigenvalue weighted by atomic mass is 10.2. The fourth-order valence-corrected chi connectivity index (χ4v) is 5.08. The van der Waals surface area contributed by atoms with Gasteiger partial charge in [-0.1, -0.05) is 53.2 Å². The minimum absolute atomic E-state index is 0.0526. The molecule has 0 amide bonds. The Morgan fingerprint density at radius 1 is 0.970 bits per heavy atom. The zero-order valence-corrected chi connectivity index (χ0v) is 20.0. The van der Waals surface area contributed by atoms with Gasteiger partial charge < -0.3 is 0 Å². The number of benzene rings is 3. The summed E-state index contributed by atoms with van der Waals surface area (Å²) in [5, 5.41) is 9.57. The van der Waals surface area contributed by atoms with Crippen molar-refractivity contribution in [2.75, 3.05) is 0 Å². The topological polar surface area (TPSA) is 76.9 Å². The summed E-state index contributed by atoms with van der Waals surface area (Å²) in [5.41, 5.74) is 2.84. The van der Waals surface area contributed by atoms with E-state index in [4.69, 9.17) is 11.6 Å². The molecule has 6 nitrogen and oxygen atoms in total. The van der Waals surface area contributed by atoms with E-state index in [-0.39, 0.29) is 17.3 Å². The van der Waals surface area contributed by atoms with Crippen LogP contribution in [0.25, 0.3) is 5.69 Å². The highest BCUT2D eigenvalue weighted by atomic mass is 35.5. The third-order valence-electron chi connectivity index (χ3n) is 4.82. The van der Waals surface area contributed by atoms with E-state index in [1.807, 2.05) is 35.8 Å². The Kier molecular flexibility index (Phi) is 7.14. The minimum Gasteiger partial charge on any atom is -0.273 e. The molecule has 1 N–H and O–H groups in total. The van der Waals surface area contributed by atoms with Crippen LogP contribution in [0.1, 0.15) is 17.0 Å². The number of sulfonamides is 1. The van der Waals surface area contributed by atoms with Crippen molar-refractivity contribution in [3.05, 3.63) is 101 Å². The Bertz CT molecular complexity index is 1340. The van der Waals surface area contributed by atoms with Gasteiger partial charge in [-0.05, 0) is 61.0 Å². The van der Waals surface area contributed by atoms with Crippen LogP contribution < -0.4 is 4.72 Å². The highest BCUT2D eigenvalue weighted by Gasteiger charge is 2.19. The molecule has 0 fully saturated rings. The molecule has 33 heavy (non-hydrogen) atoms. The molecule has 0 saturated carbocycles. The lowest BCUT2D eigenvalue weighted by Crippen LogP contribution is -2.25. The molecule has 170 valence electrons. The van der Waals surface area contributed by atoms with Gasteiger partial charge in [0.05, 0.1) is 11.4 Å². The molecule has 3 aromatic carbocycles. The number of rotatable bonds is 8. The summed E-state index contributed by atoms with van der Waals surface area (Å²) in [5.74, 6) is 0.709. The van der Waals surface area contributed by atoms with Crippen molar-refractivity contribution in [1.82, 2.24) is 19.5 Å². The average Bonchev–Trinajstić information content (AvgIpc) is 3.21. The molecule has 10 heteroatoms. The fourth-order valence-electron chi connectivity index (χ4n) is 3.05. The van der Waals surface area contributed by atoms with Crippen LogP contribution in [0.4, 0.5) is 4.39 Å². The summed E-state index contributed by atoms with van der Waals surface area (Å²) in [4.78, 5) is 0.110. The Balaban J connectivity index is 1.59. The molecule has 4 aromatic rings. The largest absolute Gasteiger partial charge is 0.273 e. The van der Waals surface area contributed by atoms with Crippen LogP contribution >= 0.6 is 23.4 Å². The van der Waals surface area contributed by atoms with Crippen LogP contribution in [0.2, 0.25) is 5.02 Å². The summed E-state index contributed by atoms with van der Waals surface area (Å²) in [7, 11) is -3.76. The molecule has 0 atom stereocenters. The highest BCUT2D eigenvalue weighted by molar-refractivity contribution is 7.98. The number of halogens is 2. The predicted octanol–water partition coefficient (Wildman–Crippen LogP) is 5.14. The summed E-state index contributed by atoms with van der Waals surface area (Å²) in [6, 6.07) is 20.0. The van der Waals surface area contributed by atoms with E-state index in [0.717, 1.165) is 16.8 Å². The summed E-state index contributed by atoms with van der Waals surface area (Å²) >= 11 is 7.29. The number of hydrogen-bond acceptors (Lipinski definition) is 5. The maximum atomic E-state index is 13.2. The lowest BCUT2D eigenvalue weighted by Gasteiger charge is -2.12. The predicted molar refractivity (Wildman–Crippen MR) is 128 cm³/mol. The first kappa shape index (κ1) is 23.4. The Labute approximate surface area is 200 Å². The second kappa shape index (κ2) is 10.0. The maximum absolute atomic E-state index is 13.2. The van der Waals surface area contributed by atoms with E-state index < -0.39 is 10.0 Å². The number of hydrogen-bond donors (Lipinski definition) is 1. The zero-order chi connectivity index (χ0) is 23.4. The van der Waals surface area contributed by atoms with Gasteiger partial charge in [0.1, 0.15) is 5.82 Å². The smallest absolute Gasteiger partial charge is 0.240 e. The minimum atomic E-state index is -3.76. The van der Waals surface area contributed by atoms with E-state index in [1.54, 1.807) is 12.1 Å². The van der Waals surface area contributed by atoms with Crippen LogP contribution in [0.15, 0.2) is 82.8 Å². The van der Waals surface area contributed by atoms with Crippen LogP contribution in [0.5, 0.6) is 0 Å². The first-order valence-electron chi connectivity index (χ1n) is 9.96. The standard InChI is InChI=1S/C23H20ClFN4O2S2/c1-16-2-10-20(11-3-16)29-22(14-26-33(30,31)21-12-6-18(24)7-13-21)27-28-23(29)32-15-17-4-8-19(25)9-5-17/h2-13,26H,14-15H2,1H3. The third-order valence-corrected chi connectivity index (χ3v) is 7.49. The van der Waals surface area contributed by atoms with Crippen molar-refractivity contribution < 1.29 is 12.8 Å². The molecular weight excluding hydrogens is 483 g/mol. The normalized spacial score (nSPS) is 11.6. The number of nitrogens with one attached hydrogen (secondary N) is 1. The maximum Gasteiger partial charge on any atom is 0.240 e. The summed E-state index contributed by atoms with van der Waals surface area (Å²) in [6.07, 6.45) is 0. The average molecular weight is 503 g/mol. The lowest BCUT2D eigenvalue weighted by molar-refractivity contribution is 0.578. The van der Waals surface area contributed by atoms with Gasteiger partial charge in [0, 0.05) is 16.5 Å². The van der Waals surface area contributed by atoms with E-state index >= 15 is 0 Å². The quantitative estimate of drug-likeness (QED) is 0.338. The molecule has 0 spiro atoms.